The summed E-state index contributed by atoms with van der Waals surface area (Å²) in [7, 11) is 0. The van der Waals surface area contributed by atoms with Gasteiger partial charge in [0.15, 0.2) is 11.6 Å². The molecule has 0 fully saturated rings. The highest BCUT2D eigenvalue weighted by molar-refractivity contribution is 5.86. The maximum Gasteiger partial charge on any atom is 0.303 e. The number of aryl methyl sites for hydroxylation is 2. The van der Waals surface area contributed by atoms with E-state index in [-0.39, 0.29) is 42.1 Å². The first kappa shape index (κ1) is 29.8. The van der Waals surface area contributed by atoms with Crippen molar-refractivity contribution < 1.29 is 32.2 Å². The van der Waals surface area contributed by atoms with Crippen LogP contribution in [0.3, 0.4) is 0 Å². The van der Waals surface area contributed by atoms with E-state index in [1.807, 2.05) is 31.2 Å². The summed E-state index contributed by atoms with van der Waals surface area (Å²) in [5.74, 6) is -5.85. The lowest BCUT2D eigenvalue weighted by Gasteiger charge is -2.20. The molecule has 7 nitrogen and oxygen atoms in total. The fraction of sp³-hybridized carbons (Fsp3) is 0.250. The predicted octanol–water partition coefficient (Wildman–Crippen LogP) is 7.46. The van der Waals surface area contributed by atoms with Crippen LogP contribution in [0.2, 0.25) is 0 Å². The van der Waals surface area contributed by atoms with Crippen LogP contribution in [0.15, 0.2) is 67.0 Å². The second kappa shape index (κ2) is 12.3. The Morgan fingerprint density at radius 1 is 1.12 bits per heavy atom. The summed E-state index contributed by atoms with van der Waals surface area (Å²) in [6.45, 7) is 1.13. The second-order valence-corrected chi connectivity index (χ2v) is 10.5. The van der Waals surface area contributed by atoms with Crippen LogP contribution < -0.4 is 10.5 Å². The zero-order chi connectivity index (χ0) is 30.7. The molecule has 0 saturated heterocycles. The Hall–Kier alpha value is -4.64. The van der Waals surface area contributed by atoms with Crippen molar-refractivity contribution in [2.24, 2.45) is 5.73 Å². The average molecular weight is 595 g/mol. The van der Waals surface area contributed by atoms with Crippen LogP contribution in [0.25, 0.3) is 22.3 Å². The molecule has 5 aromatic rings. The third-order valence-electron chi connectivity index (χ3n) is 7.38. The van der Waals surface area contributed by atoms with Crippen LogP contribution >= 0.6 is 0 Å². The van der Waals surface area contributed by atoms with Gasteiger partial charge in [0.1, 0.15) is 17.4 Å². The van der Waals surface area contributed by atoms with Crippen molar-refractivity contribution in [3.05, 3.63) is 101 Å². The lowest BCUT2D eigenvalue weighted by molar-refractivity contribution is -0.136. The number of nitrogens with one attached hydrogen (secondary N) is 2. The number of fused-ring (bicyclic) bond motifs is 1. The van der Waals surface area contributed by atoms with Gasteiger partial charge in [-0.3, -0.25) is 4.79 Å². The summed E-state index contributed by atoms with van der Waals surface area (Å²) in [4.78, 5) is 21.6. The number of carbonyl (C=O) groups is 1. The third kappa shape index (κ3) is 6.72. The van der Waals surface area contributed by atoms with Gasteiger partial charge in [-0.25, -0.2) is 22.5 Å². The first-order valence-electron chi connectivity index (χ1n) is 13.7. The molecule has 0 aliphatic heterocycles. The van der Waals surface area contributed by atoms with Crippen LogP contribution in [0, 0.1) is 18.6 Å². The van der Waals surface area contributed by atoms with Gasteiger partial charge in [-0.15, -0.1) is 0 Å². The summed E-state index contributed by atoms with van der Waals surface area (Å²) < 4.78 is 64.4. The van der Waals surface area contributed by atoms with E-state index in [4.69, 9.17) is 10.5 Å². The highest BCUT2D eigenvalue weighted by Crippen LogP contribution is 2.38. The van der Waals surface area contributed by atoms with E-state index >= 15 is 8.78 Å². The molecular formula is C32H30F4N4O3. The number of imidazole rings is 1. The smallest absolute Gasteiger partial charge is 0.303 e. The first-order chi connectivity index (χ1) is 20.5. The number of H-pyrrole nitrogens is 2. The highest BCUT2D eigenvalue weighted by atomic mass is 19.3. The molecule has 0 bridgehead atoms. The Labute approximate surface area is 244 Å². The van der Waals surface area contributed by atoms with Crippen LogP contribution in [0.4, 0.5) is 17.6 Å². The monoisotopic (exact) mass is 594 g/mol. The summed E-state index contributed by atoms with van der Waals surface area (Å²) in [6, 6.07) is 14.3. The van der Waals surface area contributed by atoms with Gasteiger partial charge in [-0.1, -0.05) is 29.8 Å². The third-order valence-corrected chi connectivity index (χ3v) is 7.38. The van der Waals surface area contributed by atoms with Crippen molar-refractivity contribution in [1.82, 2.24) is 15.0 Å². The molecule has 0 spiro atoms. The number of rotatable bonds is 12. The Morgan fingerprint density at radius 2 is 1.93 bits per heavy atom. The average Bonchev–Trinajstić information content (AvgIpc) is 3.64. The molecule has 11 heteroatoms. The number of aromatic nitrogens is 3. The standard InChI is InChI=1S/C32H30F4N4O3/c1-18-3-2-4-19(13-18)21(9-11-32(35,36)17-37)28-16-39-31(40-28)24-14-20(5-7-25(24)33)43-30-23(6-8-29(41)42)22-10-12-38-27(22)15-26(30)34/h2-5,7,10,12-16,21,38H,6,8-9,11,17,37H2,1H3,(H,39,40)(H,41,42). The molecule has 0 radical (unpaired) electrons. The minimum atomic E-state index is -3.04. The van der Waals surface area contributed by atoms with Gasteiger partial charge in [0, 0.05) is 59.4 Å². The fourth-order valence-electron chi connectivity index (χ4n) is 5.18. The topological polar surface area (TPSA) is 117 Å². The van der Waals surface area contributed by atoms with E-state index < -0.39 is 42.4 Å². The maximum absolute atomic E-state index is 15.2. The molecule has 224 valence electrons. The van der Waals surface area contributed by atoms with Gasteiger partial charge >= 0.3 is 5.97 Å². The number of nitrogens with two attached hydrogens (primary N) is 1. The SMILES string of the molecule is Cc1cccc(C(CCC(F)(F)CN)c2cnc(-c3cc(Oc4c(F)cc5[nH]ccc5c4CCC(=O)O)ccc3F)[nH]2)c1. The number of hydrogen-bond acceptors (Lipinski definition) is 4. The molecule has 43 heavy (non-hydrogen) atoms. The predicted molar refractivity (Wildman–Crippen MR) is 155 cm³/mol. The van der Waals surface area contributed by atoms with Crippen molar-refractivity contribution >= 4 is 16.9 Å². The molecule has 0 saturated carbocycles. The van der Waals surface area contributed by atoms with E-state index in [1.165, 1.54) is 24.4 Å². The van der Waals surface area contributed by atoms with E-state index in [9.17, 15) is 18.7 Å². The van der Waals surface area contributed by atoms with Crippen molar-refractivity contribution in [1.29, 1.82) is 0 Å². The molecule has 3 aromatic carbocycles. The van der Waals surface area contributed by atoms with Crippen LogP contribution in [-0.4, -0.2) is 38.5 Å². The van der Waals surface area contributed by atoms with E-state index in [1.54, 1.807) is 12.3 Å². The fourth-order valence-corrected chi connectivity index (χ4v) is 5.18. The Kier molecular flexibility index (Phi) is 8.54. The molecule has 2 heterocycles. The van der Waals surface area contributed by atoms with Gasteiger partial charge in [-0.05, 0) is 49.6 Å². The number of hydrogen-bond donors (Lipinski definition) is 4. The number of aliphatic carboxylic acids is 1. The molecule has 5 rings (SSSR count). The summed E-state index contributed by atoms with van der Waals surface area (Å²) in [5, 5.41) is 9.83. The van der Waals surface area contributed by atoms with Gasteiger partial charge in [0.25, 0.3) is 5.92 Å². The minimum Gasteiger partial charge on any atom is -0.481 e. The van der Waals surface area contributed by atoms with E-state index in [0.717, 1.165) is 17.2 Å². The van der Waals surface area contributed by atoms with Crippen molar-refractivity contribution in [3.8, 4) is 22.9 Å². The minimum absolute atomic E-state index is 0.00985. The molecule has 0 aliphatic rings. The van der Waals surface area contributed by atoms with Gasteiger partial charge in [0.2, 0.25) is 0 Å². The quantitative estimate of drug-likeness (QED) is 0.112. The van der Waals surface area contributed by atoms with Crippen molar-refractivity contribution in [2.45, 2.75) is 44.4 Å². The number of alkyl halides is 2. The largest absolute Gasteiger partial charge is 0.481 e. The molecular weight excluding hydrogens is 564 g/mol. The number of carboxylic acid groups (broad SMARTS) is 1. The Balaban J connectivity index is 1.48. The summed E-state index contributed by atoms with van der Waals surface area (Å²) in [6.07, 6.45) is 2.48. The molecule has 0 aliphatic carbocycles. The number of ether oxygens (including phenoxy) is 1. The van der Waals surface area contributed by atoms with Gasteiger partial charge in [0.05, 0.1) is 12.1 Å². The molecule has 2 aromatic heterocycles. The second-order valence-electron chi connectivity index (χ2n) is 10.5. The lowest BCUT2D eigenvalue weighted by Crippen LogP contribution is -2.28. The number of carboxylic acids is 1. The molecule has 1 unspecified atom stereocenters. The number of nitrogens with zero attached hydrogens (tertiary/aromatic N) is 1. The molecule has 0 amide bonds. The number of benzene rings is 3. The Morgan fingerprint density at radius 3 is 2.67 bits per heavy atom. The Bertz CT molecular complexity index is 1760. The van der Waals surface area contributed by atoms with E-state index in [0.29, 0.717) is 22.2 Å². The summed E-state index contributed by atoms with van der Waals surface area (Å²) >= 11 is 0. The normalized spacial score (nSPS) is 12.5. The van der Waals surface area contributed by atoms with Gasteiger partial charge in [-0.2, -0.15) is 0 Å². The zero-order valence-electron chi connectivity index (χ0n) is 23.3. The highest BCUT2D eigenvalue weighted by Gasteiger charge is 2.29. The van der Waals surface area contributed by atoms with Crippen LogP contribution in [-0.2, 0) is 11.2 Å². The molecule has 1 atom stereocenters. The van der Waals surface area contributed by atoms with Gasteiger partial charge < -0.3 is 25.5 Å². The van der Waals surface area contributed by atoms with Crippen LogP contribution in [0.5, 0.6) is 11.5 Å². The van der Waals surface area contributed by atoms with Crippen molar-refractivity contribution in [3.63, 3.8) is 0 Å². The lowest BCUT2D eigenvalue weighted by atomic mass is 9.89. The maximum atomic E-state index is 15.2. The summed E-state index contributed by atoms with van der Waals surface area (Å²) in [5.41, 5.74) is 8.39. The van der Waals surface area contributed by atoms with Crippen LogP contribution in [0.1, 0.15) is 47.6 Å². The van der Waals surface area contributed by atoms with E-state index in [2.05, 4.69) is 15.0 Å². The first-order valence-corrected chi connectivity index (χ1v) is 13.7. The number of aromatic amines is 2. The van der Waals surface area contributed by atoms with Crippen molar-refractivity contribution in [2.75, 3.05) is 6.54 Å². The number of halogens is 4. The molecule has 5 N–H and O–H groups in total. The zero-order valence-corrected chi connectivity index (χ0v) is 23.3.